The molecular formula is C10H13NO5S. The number of benzene rings is 1. The van der Waals surface area contributed by atoms with Crippen LogP contribution in [-0.2, 0) is 21.4 Å². The molecule has 0 spiro atoms. The van der Waals surface area contributed by atoms with E-state index in [0.717, 1.165) is 0 Å². The first-order chi connectivity index (χ1) is 7.91. The number of hydrogen-bond donors (Lipinski definition) is 3. The summed E-state index contributed by atoms with van der Waals surface area (Å²) in [5.41, 5.74) is 0.436. The molecule has 0 atom stereocenters. The van der Waals surface area contributed by atoms with Gasteiger partial charge >= 0.3 is 5.97 Å². The number of phenolic OH excluding ortho intramolecular Hbond substituents is 1. The maximum absolute atomic E-state index is 11.4. The second-order valence-corrected chi connectivity index (χ2v) is 5.34. The zero-order chi connectivity index (χ0) is 12.9. The molecule has 0 saturated carbocycles. The topological polar surface area (TPSA) is 104 Å². The average molecular weight is 259 g/mol. The third-order valence-electron chi connectivity index (χ3n) is 2.06. The first kappa shape index (κ1) is 13.5. The Morgan fingerprint density at radius 1 is 1.29 bits per heavy atom. The Balaban J connectivity index is 2.56. The summed E-state index contributed by atoms with van der Waals surface area (Å²) in [7, 11) is -3.63. The van der Waals surface area contributed by atoms with E-state index in [1.165, 1.54) is 6.07 Å². The van der Waals surface area contributed by atoms with Gasteiger partial charge in [0, 0.05) is 12.1 Å². The summed E-state index contributed by atoms with van der Waals surface area (Å²) in [5, 5.41) is 17.8. The predicted molar refractivity (Wildman–Crippen MR) is 61.0 cm³/mol. The monoisotopic (exact) mass is 259 g/mol. The largest absolute Gasteiger partial charge is 0.508 e. The van der Waals surface area contributed by atoms with Gasteiger partial charge in [-0.25, -0.2) is 13.1 Å². The summed E-state index contributed by atoms with van der Waals surface area (Å²) in [4.78, 5) is 10.2. The minimum atomic E-state index is -3.63. The Morgan fingerprint density at radius 2 is 1.94 bits per heavy atom. The summed E-state index contributed by atoms with van der Waals surface area (Å²) >= 11 is 0. The van der Waals surface area contributed by atoms with Crippen LogP contribution in [0.1, 0.15) is 12.0 Å². The van der Waals surface area contributed by atoms with E-state index in [0.29, 0.717) is 5.56 Å². The summed E-state index contributed by atoms with van der Waals surface area (Å²) in [6.45, 7) is -0.0609. The molecule has 1 aromatic carbocycles. The third-order valence-corrected chi connectivity index (χ3v) is 3.38. The van der Waals surface area contributed by atoms with Crippen LogP contribution in [0.5, 0.6) is 5.75 Å². The zero-order valence-corrected chi connectivity index (χ0v) is 9.77. The lowest BCUT2D eigenvalue weighted by molar-refractivity contribution is -0.136. The molecule has 94 valence electrons. The summed E-state index contributed by atoms with van der Waals surface area (Å²) in [6.07, 6.45) is -0.448. The molecule has 0 aliphatic heterocycles. The fourth-order valence-corrected chi connectivity index (χ4v) is 2.10. The minimum absolute atomic E-state index is 0.00608. The average Bonchev–Trinajstić information content (AvgIpc) is 2.26. The van der Waals surface area contributed by atoms with Gasteiger partial charge in [-0.2, -0.15) is 0 Å². The number of carboxylic acids is 1. The molecule has 6 nitrogen and oxygen atoms in total. The van der Waals surface area contributed by atoms with Crippen molar-refractivity contribution in [1.29, 1.82) is 0 Å². The molecule has 0 fully saturated rings. The van der Waals surface area contributed by atoms with E-state index in [4.69, 9.17) is 5.11 Å². The Kier molecular flexibility index (Phi) is 4.47. The lowest BCUT2D eigenvalue weighted by atomic mass is 10.2. The Bertz CT molecular complexity index is 497. The van der Waals surface area contributed by atoms with Crippen LogP contribution in [0.3, 0.4) is 0 Å². The van der Waals surface area contributed by atoms with Crippen LogP contribution >= 0.6 is 0 Å². The fourth-order valence-electron chi connectivity index (χ4n) is 1.14. The molecule has 1 aromatic rings. The highest BCUT2D eigenvalue weighted by Crippen LogP contribution is 2.15. The van der Waals surface area contributed by atoms with Gasteiger partial charge in [-0.05, 0) is 6.07 Å². The lowest BCUT2D eigenvalue weighted by Gasteiger charge is -2.06. The van der Waals surface area contributed by atoms with Crippen molar-refractivity contribution in [3.63, 3.8) is 0 Å². The van der Waals surface area contributed by atoms with Crippen molar-refractivity contribution in [2.24, 2.45) is 0 Å². The number of carboxylic acid groups (broad SMARTS) is 1. The van der Waals surface area contributed by atoms with Crippen molar-refractivity contribution in [1.82, 2.24) is 4.72 Å². The minimum Gasteiger partial charge on any atom is -0.508 e. The second kappa shape index (κ2) is 5.65. The van der Waals surface area contributed by atoms with Crippen molar-refractivity contribution in [2.45, 2.75) is 13.0 Å². The van der Waals surface area contributed by atoms with Crippen LogP contribution in [0.15, 0.2) is 24.3 Å². The zero-order valence-electron chi connectivity index (χ0n) is 8.96. The summed E-state index contributed by atoms with van der Waals surface area (Å²) < 4.78 is 24.9. The first-order valence-corrected chi connectivity index (χ1v) is 6.52. The molecular weight excluding hydrogens is 246 g/mol. The Morgan fingerprint density at radius 3 is 2.53 bits per heavy atom. The third kappa shape index (κ3) is 4.83. The van der Waals surface area contributed by atoms with Crippen LogP contribution in [0, 0.1) is 0 Å². The van der Waals surface area contributed by atoms with Crippen LogP contribution < -0.4 is 4.72 Å². The predicted octanol–water partition coefficient (Wildman–Crippen LogP) is 0.286. The molecule has 0 unspecified atom stereocenters. The van der Waals surface area contributed by atoms with Gasteiger partial charge in [-0.1, -0.05) is 18.2 Å². The fraction of sp³-hybridized carbons (Fsp3) is 0.300. The molecule has 0 bridgehead atoms. The first-order valence-electron chi connectivity index (χ1n) is 4.87. The van der Waals surface area contributed by atoms with Gasteiger partial charge in [0.25, 0.3) is 0 Å². The van der Waals surface area contributed by atoms with Crippen molar-refractivity contribution in [3.8, 4) is 5.75 Å². The number of nitrogens with one attached hydrogen (secondary N) is 1. The van der Waals surface area contributed by atoms with Gasteiger partial charge in [0.1, 0.15) is 5.75 Å². The molecule has 0 aliphatic rings. The van der Waals surface area contributed by atoms with Gasteiger partial charge in [0.2, 0.25) is 10.0 Å². The molecule has 0 saturated heterocycles. The Labute approximate surface area is 99.0 Å². The van der Waals surface area contributed by atoms with E-state index in [9.17, 15) is 18.3 Å². The van der Waals surface area contributed by atoms with Crippen LogP contribution in [0.2, 0.25) is 0 Å². The van der Waals surface area contributed by atoms with E-state index < -0.39 is 28.2 Å². The van der Waals surface area contributed by atoms with Gasteiger partial charge in [0.15, 0.2) is 0 Å². The van der Waals surface area contributed by atoms with Crippen molar-refractivity contribution < 1.29 is 23.4 Å². The van der Waals surface area contributed by atoms with E-state index in [1.807, 2.05) is 0 Å². The van der Waals surface area contributed by atoms with Gasteiger partial charge < -0.3 is 10.2 Å². The van der Waals surface area contributed by atoms with E-state index in [1.54, 1.807) is 18.2 Å². The molecule has 0 heterocycles. The maximum atomic E-state index is 11.4. The molecule has 0 radical (unpaired) electrons. The van der Waals surface area contributed by atoms with Gasteiger partial charge in [-0.3, -0.25) is 4.79 Å². The Hall–Kier alpha value is -1.60. The van der Waals surface area contributed by atoms with Crippen LogP contribution in [0.25, 0.3) is 0 Å². The standard InChI is InChI=1S/C10H13NO5S/c12-9-4-2-1-3-8(9)7-11-17(15,16)6-5-10(13)14/h1-4,11-12H,5-7H2,(H,13,14). The van der Waals surface area contributed by atoms with Gasteiger partial charge in [-0.15, -0.1) is 0 Å². The van der Waals surface area contributed by atoms with E-state index in [2.05, 4.69) is 4.72 Å². The summed E-state index contributed by atoms with van der Waals surface area (Å²) in [6, 6.07) is 6.31. The van der Waals surface area contributed by atoms with Crippen LogP contribution in [-0.4, -0.2) is 30.4 Å². The number of para-hydroxylation sites is 1. The number of hydrogen-bond acceptors (Lipinski definition) is 4. The molecule has 3 N–H and O–H groups in total. The quantitative estimate of drug-likeness (QED) is 0.681. The van der Waals surface area contributed by atoms with Crippen molar-refractivity contribution in [3.05, 3.63) is 29.8 Å². The van der Waals surface area contributed by atoms with Crippen molar-refractivity contribution in [2.75, 3.05) is 5.75 Å². The molecule has 1 rings (SSSR count). The number of phenols is 1. The maximum Gasteiger partial charge on any atom is 0.304 e. The molecule has 17 heavy (non-hydrogen) atoms. The van der Waals surface area contributed by atoms with Gasteiger partial charge in [0.05, 0.1) is 12.2 Å². The van der Waals surface area contributed by atoms with Crippen molar-refractivity contribution >= 4 is 16.0 Å². The number of rotatable bonds is 6. The lowest BCUT2D eigenvalue weighted by Crippen LogP contribution is -2.27. The number of aliphatic carboxylic acids is 1. The molecule has 0 aliphatic carbocycles. The number of aromatic hydroxyl groups is 1. The number of carbonyl (C=O) groups is 1. The number of sulfonamides is 1. The highest BCUT2D eigenvalue weighted by atomic mass is 32.2. The van der Waals surface area contributed by atoms with E-state index >= 15 is 0 Å². The highest BCUT2D eigenvalue weighted by Gasteiger charge is 2.13. The smallest absolute Gasteiger partial charge is 0.304 e. The summed E-state index contributed by atoms with van der Waals surface area (Å²) in [5.74, 6) is -1.65. The normalized spacial score (nSPS) is 11.3. The van der Waals surface area contributed by atoms with E-state index in [-0.39, 0.29) is 12.3 Å². The molecule has 7 heteroatoms. The van der Waals surface area contributed by atoms with Crippen LogP contribution in [0.4, 0.5) is 0 Å². The molecule has 0 aromatic heterocycles. The molecule has 0 amide bonds. The SMILES string of the molecule is O=C(O)CCS(=O)(=O)NCc1ccccc1O. The highest BCUT2D eigenvalue weighted by molar-refractivity contribution is 7.89. The second-order valence-electron chi connectivity index (χ2n) is 3.41.